The zero-order chi connectivity index (χ0) is 21.3. The number of aliphatic carboxylic acids is 1. The molecule has 1 amide bonds. The van der Waals surface area contributed by atoms with Crippen LogP contribution in [0.15, 0.2) is 66.7 Å². The summed E-state index contributed by atoms with van der Waals surface area (Å²) in [5.41, 5.74) is 5.60. The molecule has 5 nitrogen and oxygen atoms in total. The van der Waals surface area contributed by atoms with Gasteiger partial charge in [0.1, 0.15) is 6.61 Å². The van der Waals surface area contributed by atoms with E-state index in [0.29, 0.717) is 10.6 Å². The molecule has 1 aliphatic rings. The van der Waals surface area contributed by atoms with Crippen molar-refractivity contribution < 1.29 is 19.4 Å². The van der Waals surface area contributed by atoms with E-state index >= 15 is 0 Å². The second-order valence-electron chi connectivity index (χ2n) is 7.25. The smallest absolute Gasteiger partial charge is 0.408 e. The summed E-state index contributed by atoms with van der Waals surface area (Å²) in [6.45, 7) is 1.89. The summed E-state index contributed by atoms with van der Waals surface area (Å²) >= 11 is 6.02. The molecule has 0 bridgehead atoms. The van der Waals surface area contributed by atoms with Crippen LogP contribution in [0.2, 0.25) is 5.02 Å². The highest BCUT2D eigenvalue weighted by Gasteiger charge is 2.30. The number of hydrogen-bond acceptors (Lipinski definition) is 3. The molecule has 0 saturated heterocycles. The highest BCUT2D eigenvalue weighted by Crippen LogP contribution is 2.44. The Morgan fingerprint density at radius 2 is 1.63 bits per heavy atom. The molecule has 0 aliphatic heterocycles. The molecular formula is C24H20ClNO4. The number of hydrogen-bond donors (Lipinski definition) is 2. The van der Waals surface area contributed by atoms with E-state index in [2.05, 4.69) is 17.4 Å². The molecule has 0 heterocycles. The van der Waals surface area contributed by atoms with E-state index in [1.54, 1.807) is 25.1 Å². The number of nitrogens with one attached hydrogen (secondary N) is 1. The minimum absolute atomic E-state index is 0.0933. The Bertz CT molecular complexity index is 1080. The minimum Gasteiger partial charge on any atom is -0.479 e. The molecule has 2 N–H and O–H groups in total. The summed E-state index contributed by atoms with van der Waals surface area (Å²) in [5, 5.41) is 12.6. The van der Waals surface area contributed by atoms with Crippen molar-refractivity contribution in [2.75, 3.05) is 6.61 Å². The molecular weight excluding hydrogens is 402 g/mol. The third-order valence-electron chi connectivity index (χ3n) is 5.37. The summed E-state index contributed by atoms with van der Waals surface area (Å²) in [7, 11) is 0. The van der Waals surface area contributed by atoms with Crippen LogP contribution < -0.4 is 5.32 Å². The Kier molecular flexibility index (Phi) is 5.46. The lowest BCUT2D eigenvalue weighted by Gasteiger charge is -2.18. The van der Waals surface area contributed by atoms with Gasteiger partial charge in [0.2, 0.25) is 0 Å². The van der Waals surface area contributed by atoms with E-state index in [1.807, 2.05) is 36.4 Å². The van der Waals surface area contributed by atoms with E-state index in [1.165, 1.54) is 0 Å². The van der Waals surface area contributed by atoms with E-state index in [4.69, 9.17) is 16.3 Å². The number of benzene rings is 3. The summed E-state index contributed by atoms with van der Waals surface area (Å²) < 4.78 is 5.46. The van der Waals surface area contributed by atoms with Crippen molar-refractivity contribution in [1.29, 1.82) is 0 Å². The molecule has 0 unspecified atom stereocenters. The zero-order valence-corrected chi connectivity index (χ0v) is 17.0. The second-order valence-corrected chi connectivity index (χ2v) is 7.66. The number of halogens is 1. The van der Waals surface area contributed by atoms with Crippen molar-refractivity contribution in [3.63, 3.8) is 0 Å². The number of carbonyl (C=O) groups excluding carboxylic acids is 1. The van der Waals surface area contributed by atoms with Crippen LogP contribution in [0, 0.1) is 6.92 Å². The second kappa shape index (κ2) is 8.20. The third kappa shape index (κ3) is 3.76. The SMILES string of the molecule is Cc1cc([C@@H](NC(=O)OCC2c3ccccc3-c3ccccc32)C(=O)O)ccc1Cl. The van der Waals surface area contributed by atoms with Gasteiger partial charge in [-0.15, -0.1) is 0 Å². The monoisotopic (exact) mass is 421 g/mol. The number of carboxylic acids is 1. The Morgan fingerprint density at radius 1 is 1.03 bits per heavy atom. The molecule has 152 valence electrons. The molecule has 6 heteroatoms. The molecule has 0 aromatic heterocycles. The van der Waals surface area contributed by atoms with Gasteiger partial charge in [0, 0.05) is 10.9 Å². The predicted molar refractivity (Wildman–Crippen MR) is 115 cm³/mol. The molecule has 1 aliphatic carbocycles. The quantitative estimate of drug-likeness (QED) is 0.585. The first-order valence-corrected chi connectivity index (χ1v) is 9.94. The van der Waals surface area contributed by atoms with Crippen molar-refractivity contribution in [3.8, 4) is 11.1 Å². The van der Waals surface area contributed by atoms with E-state index in [0.717, 1.165) is 27.8 Å². The first kappa shape index (κ1) is 20.0. The lowest BCUT2D eigenvalue weighted by Crippen LogP contribution is -2.34. The van der Waals surface area contributed by atoms with Crippen LogP contribution >= 0.6 is 11.6 Å². The molecule has 3 aromatic rings. The highest BCUT2D eigenvalue weighted by atomic mass is 35.5. The van der Waals surface area contributed by atoms with E-state index in [9.17, 15) is 14.7 Å². The lowest BCUT2D eigenvalue weighted by atomic mass is 9.98. The van der Waals surface area contributed by atoms with Crippen LogP contribution in [0.4, 0.5) is 4.79 Å². The number of aryl methyl sites for hydroxylation is 1. The fourth-order valence-electron chi connectivity index (χ4n) is 3.89. The van der Waals surface area contributed by atoms with Gasteiger partial charge < -0.3 is 15.2 Å². The number of fused-ring (bicyclic) bond motifs is 3. The van der Waals surface area contributed by atoms with Gasteiger partial charge in [-0.25, -0.2) is 9.59 Å². The molecule has 4 rings (SSSR count). The number of rotatable bonds is 5. The van der Waals surface area contributed by atoms with Crippen molar-refractivity contribution in [2.45, 2.75) is 18.9 Å². The first-order valence-electron chi connectivity index (χ1n) is 9.56. The van der Waals surface area contributed by atoms with E-state index in [-0.39, 0.29) is 12.5 Å². The molecule has 0 radical (unpaired) electrons. The number of amides is 1. The van der Waals surface area contributed by atoms with E-state index < -0.39 is 18.1 Å². The summed E-state index contributed by atoms with van der Waals surface area (Å²) in [6.07, 6.45) is -0.781. The topological polar surface area (TPSA) is 75.6 Å². The number of carboxylic acid groups (broad SMARTS) is 1. The Balaban J connectivity index is 1.49. The number of alkyl carbamates (subject to hydrolysis) is 1. The Labute approximate surface area is 179 Å². The van der Waals surface area contributed by atoms with Gasteiger partial charge >= 0.3 is 12.1 Å². The highest BCUT2D eigenvalue weighted by molar-refractivity contribution is 6.31. The molecule has 0 fully saturated rings. The van der Waals surface area contributed by atoms with Crippen molar-refractivity contribution in [1.82, 2.24) is 5.32 Å². The normalized spacial score (nSPS) is 13.3. The van der Waals surface area contributed by atoms with Crippen molar-refractivity contribution in [3.05, 3.63) is 94.0 Å². The third-order valence-corrected chi connectivity index (χ3v) is 5.79. The summed E-state index contributed by atoms with van der Waals surface area (Å²) in [6, 6.07) is 19.7. The maximum Gasteiger partial charge on any atom is 0.408 e. The van der Waals surface area contributed by atoms with Crippen LogP contribution in [0.25, 0.3) is 11.1 Å². The predicted octanol–water partition coefficient (Wildman–Crippen LogP) is 5.31. The number of carbonyl (C=O) groups is 2. The van der Waals surface area contributed by atoms with Gasteiger partial charge in [-0.3, -0.25) is 0 Å². The van der Waals surface area contributed by atoms with Crippen LogP contribution in [0.3, 0.4) is 0 Å². The van der Waals surface area contributed by atoms with Gasteiger partial charge in [0.25, 0.3) is 0 Å². The molecule has 1 atom stereocenters. The average molecular weight is 422 g/mol. The van der Waals surface area contributed by atoms with Gasteiger partial charge in [0.05, 0.1) is 0 Å². The fraction of sp³-hybridized carbons (Fsp3) is 0.167. The Hall–Kier alpha value is -3.31. The molecule has 30 heavy (non-hydrogen) atoms. The van der Waals surface area contributed by atoms with Crippen LogP contribution in [-0.4, -0.2) is 23.8 Å². The first-order chi connectivity index (χ1) is 14.5. The molecule has 0 saturated carbocycles. The van der Waals surface area contributed by atoms with Gasteiger partial charge in [-0.05, 0) is 46.4 Å². The van der Waals surface area contributed by atoms with Crippen LogP contribution in [0.5, 0.6) is 0 Å². The van der Waals surface area contributed by atoms with Gasteiger partial charge in [-0.2, -0.15) is 0 Å². The molecule has 0 spiro atoms. The van der Waals surface area contributed by atoms with Gasteiger partial charge in [0.15, 0.2) is 6.04 Å². The number of ether oxygens (including phenoxy) is 1. The molecule has 3 aromatic carbocycles. The average Bonchev–Trinajstić information content (AvgIpc) is 3.06. The standard InChI is InChI=1S/C24H20ClNO4/c1-14-12-15(10-11-21(14)25)22(23(27)28)26-24(29)30-13-20-18-8-4-2-6-16(18)17-7-3-5-9-19(17)20/h2-12,20,22H,13H2,1H3,(H,26,29)(H,27,28)/t22-/m1/s1. The maximum absolute atomic E-state index is 12.4. The summed E-state index contributed by atoms with van der Waals surface area (Å²) in [5.74, 6) is -1.27. The maximum atomic E-state index is 12.4. The lowest BCUT2D eigenvalue weighted by molar-refractivity contribution is -0.139. The fourth-order valence-corrected chi connectivity index (χ4v) is 4.01. The summed E-state index contributed by atoms with van der Waals surface area (Å²) in [4.78, 5) is 24.2. The largest absolute Gasteiger partial charge is 0.479 e. The minimum atomic E-state index is -1.23. The van der Waals surface area contributed by atoms with Crippen LogP contribution in [0.1, 0.15) is 34.2 Å². The Morgan fingerprint density at radius 3 is 2.20 bits per heavy atom. The van der Waals surface area contributed by atoms with Crippen LogP contribution in [-0.2, 0) is 9.53 Å². The van der Waals surface area contributed by atoms with Crippen molar-refractivity contribution >= 4 is 23.7 Å². The van der Waals surface area contributed by atoms with Crippen molar-refractivity contribution in [2.24, 2.45) is 0 Å². The zero-order valence-electron chi connectivity index (χ0n) is 16.3. The van der Waals surface area contributed by atoms with Gasteiger partial charge in [-0.1, -0.05) is 72.3 Å².